The van der Waals surface area contributed by atoms with Crippen molar-refractivity contribution < 1.29 is 9.59 Å². The lowest BCUT2D eigenvalue weighted by atomic mass is 9.98. The number of carbonyl (C=O) groups is 2. The van der Waals surface area contributed by atoms with E-state index in [-0.39, 0.29) is 23.7 Å². The minimum atomic E-state index is -0.101. The minimum Gasteiger partial charge on any atom is -0.310 e. The number of nitrogens with zero attached hydrogens (tertiary/aromatic N) is 2. The van der Waals surface area contributed by atoms with Crippen LogP contribution in [-0.4, -0.2) is 21.6 Å². The van der Waals surface area contributed by atoms with Gasteiger partial charge in [0.15, 0.2) is 5.82 Å². The smallest absolute Gasteiger partial charge is 0.228 e. The average Bonchev–Trinajstić information content (AvgIpc) is 2.57. The van der Waals surface area contributed by atoms with Crippen LogP contribution in [0.15, 0.2) is 0 Å². The number of rotatable bonds is 2. The molecular formula is C12H18N4O2. The van der Waals surface area contributed by atoms with Crippen LogP contribution in [0.25, 0.3) is 0 Å². The lowest BCUT2D eigenvalue weighted by Gasteiger charge is -2.19. The molecule has 0 fully saturated rings. The van der Waals surface area contributed by atoms with Gasteiger partial charge in [-0.05, 0) is 6.42 Å². The van der Waals surface area contributed by atoms with Crippen molar-refractivity contribution in [3.05, 3.63) is 5.56 Å². The molecule has 1 aromatic rings. The van der Waals surface area contributed by atoms with E-state index in [0.717, 1.165) is 5.56 Å². The molecular weight excluding hydrogens is 232 g/mol. The molecule has 18 heavy (non-hydrogen) atoms. The predicted molar refractivity (Wildman–Crippen MR) is 68.2 cm³/mol. The van der Waals surface area contributed by atoms with Crippen LogP contribution in [0, 0.1) is 11.8 Å². The molecule has 1 atom stereocenters. The maximum Gasteiger partial charge on any atom is 0.228 e. The van der Waals surface area contributed by atoms with Gasteiger partial charge in [0, 0.05) is 24.4 Å². The lowest BCUT2D eigenvalue weighted by Crippen LogP contribution is -2.29. The second kappa shape index (κ2) is 4.44. The van der Waals surface area contributed by atoms with E-state index in [9.17, 15) is 9.59 Å². The van der Waals surface area contributed by atoms with Crippen molar-refractivity contribution in [2.24, 2.45) is 18.9 Å². The summed E-state index contributed by atoms with van der Waals surface area (Å²) in [5.74, 6) is 0.956. The predicted octanol–water partition coefficient (Wildman–Crippen LogP) is 1.15. The highest BCUT2D eigenvalue weighted by Gasteiger charge is 2.29. The number of nitrogens with one attached hydrogen (secondary N) is 2. The molecule has 0 radical (unpaired) electrons. The van der Waals surface area contributed by atoms with E-state index in [1.807, 2.05) is 20.8 Å². The largest absolute Gasteiger partial charge is 0.310 e. The summed E-state index contributed by atoms with van der Waals surface area (Å²) in [5, 5.41) is 9.87. The summed E-state index contributed by atoms with van der Waals surface area (Å²) in [6.07, 6.45) is 0.600. The van der Waals surface area contributed by atoms with Crippen molar-refractivity contribution in [1.29, 1.82) is 0 Å². The molecule has 0 saturated heterocycles. The Morgan fingerprint density at radius 2 is 2.22 bits per heavy atom. The highest BCUT2D eigenvalue weighted by molar-refractivity contribution is 5.98. The molecule has 0 aliphatic carbocycles. The van der Waals surface area contributed by atoms with E-state index in [1.54, 1.807) is 11.7 Å². The Morgan fingerprint density at radius 1 is 1.56 bits per heavy atom. The molecule has 1 aromatic heterocycles. The number of aryl methyl sites for hydroxylation is 1. The fourth-order valence-electron chi connectivity index (χ4n) is 1.92. The second-order valence-electron chi connectivity index (χ2n) is 5.04. The van der Waals surface area contributed by atoms with Crippen LogP contribution >= 0.6 is 0 Å². The molecule has 0 bridgehead atoms. The van der Waals surface area contributed by atoms with Crippen LogP contribution in [0.4, 0.5) is 11.6 Å². The van der Waals surface area contributed by atoms with Gasteiger partial charge in [0.05, 0.1) is 0 Å². The average molecular weight is 250 g/mol. The number of amides is 2. The molecule has 2 rings (SSSR count). The van der Waals surface area contributed by atoms with Gasteiger partial charge >= 0.3 is 0 Å². The fraction of sp³-hybridized carbons (Fsp3) is 0.583. The zero-order valence-electron chi connectivity index (χ0n) is 11.1. The lowest BCUT2D eigenvalue weighted by molar-refractivity contribution is -0.120. The third-order valence-corrected chi connectivity index (χ3v) is 3.11. The van der Waals surface area contributed by atoms with Crippen LogP contribution in [0.3, 0.4) is 0 Å². The first-order chi connectivity index (χ1) is 8.40. The maximum absolute atomic E-state index is 11.7. The van der Waals surface area contributed by atoms with Gasteiger partial charge in [0.2, 0.25) is 11.8 Å². The molecule has 2 heterocycles. The first-order valence-corrected chi connectivity index (χ1v) is 6.07. The number of carbonyl (C=O) groups excluding carboxylic acids is 2. The van der Waals surface area contributed by atoms with E-state index in [2.05, 4.69) is 15.7 Å². The summed E-state index contributed by atoms with van der Waals surface area (Å²) in [7, 11) is 1.75. The van der Waals surface area contributed by atoms with Crippen LogP contribution < -0.4 is 10.6 Å². The van der Waals surface area contributed by atoms with Crippen molar-refractivity contribution in [2.45, 2.75) is 27.2 Å². The summed E-state index contributed by atoms with van der Waals surface area (Å²) < 4.78 is 1.59. The monoisotopic (exact) mass is 250 g/mol. The molecule has 1 aliphatic heterocycles. The summed E-state index contributed by atoms with van der Waals surface area (Å²) in [6, 6.07) is 0. The first-order valence-electron chi connectivity index (χ1n) is 6.07. The fourth-order valence-corrected chi connectivity index (χ4v) is 1.92. The molecule has 2 amide bonds. The quantitative estimate of drug-likeness (QED) is 0.826. The van der Waals surface area contributed by atoms with E-state index >= 15 is 0 Å². The molecule has 6 nitrogen and oxygen atoms in total. The third kappa shape index (κ3) is 2.10. The highest BCUT2D eigenvalue weighted by Crippen LogP contribution is 2.31. The van der Waals surface area contributed by atoms with Gasteiger partial charge in [0.25, 0.3) is 0 Å². The topological polar surface area (TPSA) is 76.0 Å². The Kier molecular flexibility index (Phi) is 3.11. The van der Waals surface area contributed by atoms with E-state index < -0.39 is 0 Å². The van der Waals surface area contributed by atoms with Crippen LogP contribution in [0.5, 0.6) is 0 Å². The Bertz CT molecular complexity index is 504. The number of anilines is 2. The van der Waals surface area contributed by atoms with E-state index in [1.165, 1.54) is 0 Å². The van der Waals surface area contributed by atoms with Gasteiger partial charge in [0.1, 0.15) is 5.82 Å². The van der Waals surface area contributed by atoms with Crippen molar-refractivity contribution in [1.82, 2.24) is 9.78 Å². The summed E-state index contributed by atoms with van der Waals surface area (Å²) >= 11 is 0. The molecule has 2 N–H and O–H groups in total. The van der Waals surface area contributed by atoms with Gasteiger partial charge in [-0.1, -0.05) is 20.8 Å². The summed E-state index contributed by atoms with van der Waals surface area (Å²) in [5.41, 5.74) is 0.901. The van der Waals surface area contributed by atoms with Crippen LogP contribution in [0.1, 0.15) is 26.3 Å². The number of aromatic nitrogens is 2. The van der Waals surface area contributed by atoms with Gasteiger partial charge < -0.3 is 10.6 Å². The number of hydrogen-bond acceptors (Lipinski definition) is 3. The number of hydrogen-bond donors (Lipinski definition) is 2. The van der Waals surface area contributed by atoms with Crippen molar-refractivity contribution >= 4 is 23.5 Å². The zero-order chi connectivity index (χ0) is 13.4. The Balaban J connectivity index is 2.32. The zero-order valence-corrected chi connectivity index (χ0v) is 11.1. The Labute approximate surface area is 106 Å². The Morgan fingerprint density at radius 3 is 2.83 bits per heavy atom. The molecule has 0 aromatic carbocycles. The van der Waals surface area contributed by atoms with Gasteiger partial charge in [-0.15, -0.1) is 0 Å². The van der Waals surface area contributed by atoms with E-state index in [0.29, 0.717) is 18.1 Å². The normalized spacial score (nSPS) is 18.5. The molecule has 0 saturated carbocycles. The first kappa shape index (κ1) is 12.6. The maximum atomic E-state index is 11.7. The molecule has 0 unspecified atom stereocenters. The van der Waals surface area contributed by atoms with Gasteiger partial charge in [-0.3, -0.25) is 14.3 Å². The molecule has 98 valence electrons. The molecule has 6 heteroatoms. The van der Waals surface area contributed by atoms with E-state index in [4.69, 9.17) is 0 Å². The molecule has 1 aliphatic rings. The second-order valence-corrected chi connectivity index (χ2v) is 5.04. The summed E-state index contributed by atoms with van der Waals surface area (Å²) in [6.45, 7) is 5.52. The number of fused-ring (bicyclic) bond motifs is 1. The van der Waals surface area contributed by atoms with Gasteiger partial charge in [-0.25, -0.2) is 0 Å². The standard InChI is InChI=1S/C12H18N4O2/c1-6(2)11(17)13-9-8-5-7(3)12(18)14-10(8)16(4)15-9/h6-7H,5H2,1-4H3,(H,14,18)(H,13,15,17)/t7-/m1/s1. The SMILES string of the molecule is CC(C)C(=O)Nc1nn(C)c2c1C[C@@H](C)C(=O)N2. The van der Waals surface area contributed by atoms with Crippen LogP contribution in [-0.2, 0) is 23.1 Å². The highest BCUT2D eigenvalue weighted by atomic mass is 16.2. The van der Waals surface area contributed by atoms with Gasteiger partial charge in [-0.2, -0.15) is 5.10 Å². The third-order valence-electron chi connectivity index (χ3n) is 3.11. The molecule has 0 spiro atoms. The van der Waals surface area contributed by atoms with Crippen molar-refractivity contribution in [2.75, 3.05) is 10.6 Å². The minimum absolute atomic E-state index is 0.00719. The van der Waals surface area contributed by atoms with Crippen LogP contribution in [0.2, 0.25) is 0 Å². The van der Waals surface area contributed by atoms with Crippen molar-refractivity contribution in [3.63, 3.8) is 0 Å². The van der Waals surface area contributed by atoms with Crippen molar-refractivity contribution in [3.8, 4) is 0 Å². The summed E-state index contributed by atoms with van der Waals surface area (Å²) in [4.78, 5) is 23.3. The Hall–Kier alpha value is -1.85.